The molecule has 4 nitrogen and oxygen atoms in total. The molecule has 1 aromatic heterocycles. The summed E-state index contributed by atoms with van der Waals surface area (Å²) in [5.74, 6) is 2.30. The summed E-state index contributed by atoms with van der Waals surface area (Å²) in [6.07, 6.45) is 9.57. The van der Waals surface area contributed by atoms with E-state index in [1.807, 2.05) is 0 Å². The van der Waals surface area contributed by atoms with Gasteiger partial charge in [0, 0.05) is 18.4 Å². The van der Waals surface area contributed by atoms with Gasteiger partial charge in [0.2, 0.25) is 5.89 Å². The van der Waals surface area contributed by atoms with Gasteiger partial charge in [-0.25, -0.2) is 0 Å². The number of aromatic nitrogens is 2. The summed E-state index contributed by atoms with van der Waals surface area (Å²) in [7, 11) is 0. The molecule has 0 saturated heterocycles. The van der Waals surface area contributed by atoms with Crippen LogP contribution in [-0.2, 0) is 6.42 Å². The van der Waals surface area contributed by atoms with Gasteiger partial charge >= 0.3 is 0 Å². The van der Waals surface area contributed by atoms with Crippen molar-refractivity contribution < 1.29 is 4.52 Å². The zero-order chi connectivity index (χ0) is 13.5. The molecule has 1 heterocycles. The van der Waals surface area contributed by atoms with Gasteiger partial charge in [-0.3, -0.25) is 0 Å². The third kappa shape index (κ3) is 4.60. The predicted molar refractivity (Wildman–Crippen MR) is 76.2 cm³/mol. The van der Waals surface area contributed by atoms with Gasteiger partial charge in [0.1, 0.15) is 0 Å². The summed E-state index contributed by atoms with van der Waals surface area (Å²) in [5.41, 5.74) is 0. The van der Waals surface area contributed by atoms with Crippen molar-refractivity contribution in [2.45, 2.75) is 77.2 Å². The van der Waals surface area contributed by atoms with Crippen molar-refractivity contribution in [1.29, 1.82) is 0 Å². The molecule has 1 saturated carbocycles. The molecule has 1 aliphatic carbocycles. The molecule has 2 rings (SSSR count). The Bertz CT molecular complexity index is 358. The Morgan fingerprint density at radius 3 is 2.84 bits per heavy atom. The molecular formula is C15H27N3O. The summed E-state index contributed by atoms with van der Waals surface area (Å²) >= 11 is 0. The molecule has 0 amide bonds. The van der Waals surface area contributed by atoms with Crippen LogP contribution in [0.15, 0.2) is 4.52 Å². The van der Waals surface area contributed by atoms with Gasteiger partial charge in [-0.15, -0.1) is 0 Å². The number of nitrogens with zero attached hydrogens (tertiary/aromatic N) is 2. The Morgan fingerprint density at radius 2 is 2.11 bits per heavy atom. The molecule has 0 bridgehead atoms. The quantitative estimate of drug-likeness (QED) is 0.820. The molecule has 1 atom stereocenters. The number of rotatable bonds is 7. The van der Waals surface area contributed by atoms with Crippen LogP contribution >= 0.6 is 0 Å². The van der Waals surface area contributed by atoms with E-state index in [2.05, 4.69) is 29.3 Å². The van der Waals surface area contributed by atoms with Crippen LogP contribution in [0.4, 0.5) is 0 Å². The van der Waals surface area contributed by atoms with E-state index in [9.17, 15) is 0 Å². The Balaban J connectivity index is 1.77. The van der Waals surface area contributed by atoms with E-state index < -0.39 is 0 Å². The van der Waals surface area contributed by atoms with E-state index in [-0.39, 0.29) is 0 Å². The van der Waals surface area contributed by atoms with Gasteiger partial charge in [0.15, 0.2) is 5.82 Å². The molecular weight excluding hydrogens is 238 g/mol. The van der Waals surface area contributed by atoms with E-state index in [0.717, 1.165) is 31.1 Å². The average molecular weight is 265 g/mol. The lowest BCUT2D eigenvalue weighted by Gasteiger charge is -2.17. The lowest BCUT2D eigenvalue weighted by Crippen LogP contribution is -2.27. The monoisotopic (exact) mass is 265 g/mol. The highest BCUT2D eigenvalue weighted by molar-refractivity contribution is 4.97. The molecule has 0 aromatic carbocycles. The molecule has 108 valence electrons. The predicted octanol–water partition coefficient (Wildman–Crippen LogP) is 3.44. The minimum atomic E-state index is 0.519. The molecule has 1 aromatic rings. The lowest BCUT2D eigenvalue weighted by molar-refractivity contribution is 0.351. The van der Waals surface area contributed by atoms with Crippen molar-refractivity contribution in [3.05, 3.63) is 11.7 Å². The Labute approximate surface area is 116 Å². The highest BCUT2D eigenvalue weighted by Crippen LogP contribution is 2.30. The standard InChI is InChI=1S/C15H27N3O/c1-3-11-16-12(2)9-10-14-17-15(18-19-14)13-7-5-4-6-8-13/h12-13,16H,3-11H2,1-2H3. The fourth-order valence-corrected chi connectivity index (χ4v) is 2.73. The normalized spacial score (nSPS) is 18.6. The van der Waals surface area contributed by atoms with E-state index in [0.29, 0.717) is 12.0 Å². The van der Waals surface area contributed by atoms with Crippen LogP contribution in [0.5, 0.6) is 0 Å². The second-order valence-corrected chi connectivity index (χ2v) is 5.78. The summed E-state index contributed by atoms with van der Waals surface area (Å²) < 4.78 is 5.38. The average Bonchev–Trinajstić information content (AvgIpc) is 2.93. The van der Waals surface area contributed by atoms with Crippen molar-refractivity contribution >= 4 is 0 Å². The van der Waals surface area contributed by atoms with Gasteiger partial charge in [-0.05, 0) is 39.2 Å². The highest BCUT2D eigenvalue weighted by Gasteiger charge is 2.20. The van der Waals surface area contributed by atoms with Gasteiger partial charge in [0.25, 0.3) is 0 Å². The number of hydrogen-bond donors (Lipinski definition) is 1. The summed E-state index contributed by atoms with van der Waals surface area (Å²) in [4.78, 5) is 4.58. The van der Waals surface area contributed by atoms with Crippen LogP contribution in [-0.4, -0.2) is 22.7 Å². The van der Waals surface area contributed by atoms with Crippen LogP contribution in [0, 0.1) is 0 Å². The Morgan fingerprint density at radius 1 is 1.32 bits per heavy atom. The highest BCUT2D eigenvalue weighted by atomic mass is 16.5. The molecule has 1 unspecified atom stereocenters. The number of nitrogens with one attached hydrogen (secondary N) is 1. The zero-order valence-electron chi connectivity index (χ0n) is 12.3. The van der Waals surface area contributed by atoms with Crippen molar-refractivity contribution in [1.82, 2.24) is 15.5 Å². The smallest absolute Gasteiger partial charge is 0.226 e. The fourth-order valence-electron chi connectivity index (χ4n) is 2.73. The SMILES string of the molecule is CCCNC(C)CCc1nc(C2CCCCC2)no1. The van der Waals surface area contributed by atoms with E-state index in [1.165, 1.54) is 38.5 Å². The lowest BCUT2D eigenvalue weighted by atomic mass is 9.89. The first-order valence-electron chi connectivity index (χ1n) is 7.85. The maximum Gasteiger partial charge on any atom is 0.226 e. The van der Waals surface area contributed by atoms with Crippen LogP contribution in [0.2, 0.25) is 0 Å². The van der Waals surface area contributed by atoms with Crippen molar-refractivity contribution in [3.63, 3.8) is 0 Å². The van der Waals surface area contributed by atoms with E-state index in [4.69, 9.17) is 4.52 Å². The van der Waals surface area contributed by atoms with Crippen LogP contribution in [0.1, 0.15) is 76.4 Å². The summed E-state index contributed by atoms with van der Waals surface area (Å²) in [5, 5.41) is 7.66. The molecule has 19 heavy (non-hydrogen) atoms. The van der Waals surface area contributed by atoms with E-state index >= 15 is 0 Å². The maximum absolute atomic E-state index is 5.38. The van der Waals surface area contributed by atoms with E-state index in [1.54, 1.807) is 0 Å². The first-order chi connectivity index (χ1) is 9.29. The molecule has 1 N–H and O–H groups in total. The molecule has 1 fully saturated rings. The van der Waals surface area contributed by atoms with Gasteiger partial charge < -0.3 is 9.84 Å². The second kappa shape index (κ2) is 7.63. The third-order valence-electron chi connectivity index (χ3n) is 3.99. The minimum Gasteiger partial charge on any atom is -0.339 e. The molecule has 0 aliphatic heterocycles. The molecule has 0 radical (unpaired) electrons. The van der Waals surface area contributed by atoms with Crippen LogP contribution < -0.4 is 5.32 Å². The first-order valence-corrected chi connectivity index (χ1v) is 7.85. The van der Waals surface area contributed by atoms with Crippen molar-refractivity contribution in [3.8, 4) is 0 Å². The molecule has 4 heteroatoms. The summed E-state index contributed by atoms with van der Waals surface area (Å²) in [6.45, 7) is 5.49. The number of aryl methyl sites for hydroxylation is 1. The number of hydrogen-bond acceptors (Lipinski definition) is 4. The molecule has 1 aliphatic rings. The minimum absolute atomic E-state index is 0.519. The summed E-state index contributed by atoms with van der Waals surface area (Å²) in [6, 6.07) is 0.519. The topological polar surface area (TPSA) is 51.0 Å². The zero-order valence-corrected chi connectivity index (χ0v) is 12.3. The third-order valence-corrected chi connectivity index (χ3v) is 3.99. The van der Waals surface area contributed by atoms with Gasteiger partial charge in [-0.1, -0.05) is 31.3 Å². The first kappa shape index (κ1) is 14.5. The maximum atomic E-state index is 5.38. The Hall–Kier alpha value is -0.900. The van der Waals surface area contributed by atoms with Gasteiger partial charge in [-0.2, -0.15) is 4.98 Å². The van der Waals surface area contributed by atoms with Crippen LogP contribution in [0.25, 0.3) is 0 Å². The van der Waals surface area contributed by atoms with Crippen LogP contribution in [0.3, 0.4) is 0 Å². The Kier molecular flexibility index (Phi) is 5.83. The molecule has 0 spiro atoms. The van der Waals surface area contributed by atoms with Crippen molar-refractivity contribution in [2.24, 2.45) is 0 Å². The largest absolute Gasteiger partial charge is 0.339 e. The second-order valence-electron chi connectivity index (χ2n) is 5.78. The fraction of sp³-hybridized carbons (Fsp3) is 0.867. The van der Waals surface area contributed by atoms with Gasteiger partial charge in [0.05, 0.1) is 0 Å². The van der Waals surface area contributed by atoms with Crippen molar-refractivity contribution in [2.75, 3.05) is 6.54 Å².